The van der Waals surface area contributed by atoms with Crippen LogP contribution in [0.25, 0.3) is 0 Å². The Labute approximate surface area is 123 Å². The average Bonchev–Trinajstić information content (AvgIpc) is 2.37. The fraction of sp³-hybridized carbons (Fsp3) is 1.00. The van der Waals surface area contributed by atoms with Crippen molar-refractivity contribution in [3.05, 3.63) is 0 Å². The number of thioether (sulfide) groups is 1. The molecular formula is C15H31N3S. The SMILES string of the molecule is CC(C)N1CCC(CN)(N2CCSC(C)(C)C2)CC1. The number of nitrogens with zero attached hydrogens (tertiary/aromatic N) is 2. The second kappa shape index (κ2) is 5.92. The molecule has 0 aromatic rings. The molecule has 19 heavy (non-hydrogen) atoms. The molecule has 0 bridgehead atoms. The first-order valence-corrected chi connectivity index (χ1v) is 8.70. The summed E-state index contributed by atoms with van der Waals surface area (Å²) in [5.74, 6) is 1.25. The van der Waals surface area contributed by atoms with Gasteiger partial charge < -0.3 is 10.6 Å². The lowest BCUT2D eigenvalue weighted by atomic mass is 9.84. The summed E-state index contributed by atoms with van der Waals surface area (Å²) in [6.07, 6.45) is 2.48. The van der Waals surface area contributed by atoms with E-state index in [1.165, 1.54) is 44.8 Å². The van der Waals surface area contributed by atoms with Gasteiger partial charge in [-0.25, -0.2) is 0 Å². The molecule has 3 nitrogen and oxygen atoms in total. The molecule has 0 saturated carbocycles. The van der Waals surface area contributed by atoms with Crippen molar-refractivity contribution in [2.75, 3.05) is 38.5 Å². The first-order valence-electron chi connectivity index (χ1n) is 7.72. The van der Waals surface area contributed by atoms with Crippen LogP contribution in [0, 0.1) is 0 Å². The summed E-state index contributed by atoms with van der Waals surface area (Å²) in [7, 11) is 0. The van der Waals surface area contributed by atoms with Crippen molar-refractivity contribution in [2.45, 2.75) is 56.9 Å². The topological polar surface area (TPSA) is 32.5 Å². The minimum atomic E-state index is 0.267. The van der Waals surface area contributed by atoms with E-state index in [-0.39, 0.29) is 5.54 Å². The maximum atomic E-state index is 6.21. The van der Waals surface area contributed by atoms with Crippen molar-refractivity contribution in [3.8, 4) is 0 Å². The number of likely N-dealkylation sites (tertiary alicyclic amines) is 1. The van der Waals surface area contributed by atoms with Crippen molar-refractivity contribution in [2.24, 2.45) is 5.73 Å². The lowest BCUT2D eigenvalue weighted by Gasteiger charge is -2.53. The summed E-state index contributed by atoms with van der Waals surface area (Å²) in [6, 6.07) is 0.670. The van der Waals surface area contributed by atoms with E-state index in [1.54, 1.807) is 0 Å². The van der Waals surface area contributed by atoms with Crippen LogP contribution in [0.5, 0.6) is 0 Å². The van der Waals surface area contributed by atoms with E-state index < -0.39 is 0 Å². The minimum absolute atomic E-state index is 0.267. The zero-order chi connectivity index (χ0) is 14.1. The predicted octanol–water partition coefficient (Wildman–Crippen LogP) is 2.02. The molecule has 0 radical (unpaired) electrons. The molecular weight excluding hydrogens is 254 g/mol. The second-order valence-electron chi connectivity index (χ2n) is 7.09. The standard InChI is InChI=1S/C15H31N3S/c1-13(2)17-7-5-15(11-16,6-8-17)18-9-10-19-14(3,4)12-18/h13H,5-12,16H2,1-4H3. The number of piperidine rings is 1. The molecule has 0 amide bonds. The van der Waals surface area contributed by atoms with Crippen molar-refractivity contribution in [3.63, 3.8) is 0 Å². The van der Waals surface area contributed by atoms with Gasteiger partial charge in [0.2, 0.25) is 0 Å². The van der Waals surface area contributed by atoms with E-state index in [0.29, 0.717) is 10.8 Å². The first kappa shape index (κ1) is 15.6. The molecule has 112 valence electrons. The average molecular weight is 286 g/mol. The van der Waals surface area contributed by atoms with E-state index in [9.17, 15) is 0 Å². The van der Waals surface area contributed by atoms with Gasteiger partial charge in [0.1, 0.15) is 0 Å². The Hall–Kier alpha value is 0.230. The van der Waals surface area contributed by atoms with Gasteiger partial charge in [-0.1, -0.05) is 0 Å². The van der Waals surface area contributed by atoms with Crippen molar-refractivity contribution in [1.29, 1.82) is 0 Å². The Morgan fingerprint density at radius 1 is 1.16 bits per heavy atom. The van der Waals surface area contributed by atoms with Crippen LogP contribution in [0.2, 0.25) is 0 Å². The van der Waals surface area contributed by atoms with Crippen molar-refractivity contribution < 1.29 is 0 Å². The van der Waals surface area contributed by atoms with Gasteiger partial charge >= 0.3 is 0 Å². The highest BCUT2D eigenvalue weighted by molar-refractivity contribution is 8.00. The smallest absolute Gasteiger partial charge is 0.0356 e. The Bertz CT molecular complexity index is 296. The van der Waals surface area contributed by atoms with Gasteiger partial charge in [0, 0.05) is 54.8 Å². The number of hydrogen-bond donors (Lipinski definition) is 1. The maximum Gasteiger partial charge on any atom is 0.0356 e. The third kappa shape index (κ3) is 3.46. The summed E-state index contributed by atoms with van der Waals surface area (Å²) in [4.78, 5) is 5.30. The highest BCUT2D eigenvalue weighted by Crippen LogP contribution is 2.37. The molecule has 0 aromatic carbocycles. The Balaban J connectivity index is 2.03. The Kier molecular flexibility index (Phi) is 4.87. The molecule has 0 atom stereocenters. The molecule has 2 fully saturated rings. The van der Waals surface area contributed by atoms with Crippen LogP contribution in [0.3, 0.4) is 0 Å². The van der Waals surface area contributed by atoms with Gasteiger partial charge in [0.15, 0.2) is 0 Å². The summed E-state index contributed by atoms with van der Waals surface area (Å²) in [5, 5.41) is 0. The number of rotatable bonds is 3. The Morgan fingerprint density at radius 3 is 2.26 bits per heavy atom. The molecule has 0 unspecified atom stereocenters. The molecule has 2 N–H and O–H groups in total. The molecule has 2 aliphatic rings. The van der Waals surface area contributed by atoms with Crippen LogP contribution < -0.4 is 5.73 Å². The van der Waals surface area contributed by atoms with Crippen LogP contribution in [0.4, 0.5) is 0 Å². The second-order valence-corrected chi connectivity index (χ2v) is 8.89. The molecule has 0 aliphatic carbocycles. The van der Waals surface area contributed by atoms with E-state index in [2.05, 4.69) is 49.3 Å². The molecule has 2 aliphatic heterocycles. The highest BCUT2D eigenvalue weighted by Gasteiger charge is 2.42. The van der Waals surface area contributed by atoms with E-state index in [0.717, 1.165) is 6.54 Å². The van der Waals surface area contributed by atoms with Gasteiger partial charge in [-0.3, -0.25) is 4.90 Å². The van der Waals surface area contributed by atoms with E-state index in [4.69, 9.17) is 5.73 Å². The van der Waals surface area contributed by atoms with E-state index >= 15 is 0 Å². The summed E-state index contributed by atoms with van der Waals surface area (Å²) in [5.41, 5.74) is 6.48. The Morgan fingerprint density at radius 2 is 1.79 bits per heavy atom. The number of hydrogen-bond acceptors (Lipinski definition) is 4. The van der Waals surface area contributed by atoms with Crippen LogP contribution in [0.1, 0.15) is 40.5 Å². The molecule has 2 rings (SSSR count). The van der Waals surface area contributed by atoms with Crippen LogP contribution in [-0.4, -0.2) is 64.6 Å². The summed E-state index contributed by atoms with van der Waals surface area (Å²) >= 11 is 2.11. The molecule has 0 aromatic heterocycles. The van der Waals surface area contributed by atoms with Crippen molar-refractivity contribution in [1.82, 2.24) is 9.80 Å². The summed E-state index contributed by atoms with van der Waals surface area (Å²) in [6.45, 7) is 15.0. The molecule has 0 spiro atoms. The largest absolute Gasteiger partial charge is 0.329 e. The first-order chi connectivity index (χ1) is 8.88. The van der Waals surface area contributed by atoms with Crippen LogP contribution >= 0.6 is 11.8 Å². The van der Waals surface area contributed by atoms with Gasteiger partial charge in [-0.05, 0) is 40.5 Å². The minimum Gasteiger partial charge on any atom is -0.329 e. The lowest BCUT2D eigenvalue weighted by molar-refractivity contribution is 0.0152. The molecule has 2 saturated heterocycles. The third-order valence-electron chi connectivity index (χ3n) is 4.94. The normalized spacial score (nSPS) is 28.7. The lowest BCUT2D eigenvalue weighted by Crippen LogP contribution is -2.63. The third-order valence-corrected chi connectivity index (χ3v) is 6.23. The molecule has 2 heterocycles. The van der Waals surface area contributed by atoms with Gasteiger partial charge in [-0.15, -0.1) is 0 Å². The van der Waals surface area contributed by atoms with Crippen LogP contribution in [-0.2, 0) is 0 Å². The van der Waals surface area contributed by atoms with Gasteiger partial charge in [0.25, 0.3) is 0 Å². The maximum absolute atomic E-state index is 6.21. The monoisotopic (exact) mass is 285 g/mol. The zero-order valence-electron chi connectivity index (χ0n) is 13.1. The van der Waals surface area contributed by atoms with Gasteiger partial charge in [0.05, 0.1) is 0 Å². The summed E-state index contributed by atoms with van der Waals surface area (Å²) < 4.78 is 0.385. The number of nitrogens with two attached hydrogens (primary N) is 1. The van der Waals surface area contributed by atoms with Crippen molar-refractivity contribution >= 4 is 11.8 Å². The zero-order valence-corrected chi connectivity index (χ0v) is 13.9. The van der Waals surface area contributed by atoms with Gasteiger partial charge in [-0.2, -0.15) is 11.8 Å². The van der Waals surface area contributed by atoms with Crippen LogP contribution in [0.15, 0.2) is 0 Å². The quantitative estimate of drug-likeness (QED) is 0.860. The predicted molar refractivity (Wildman–Crippen MR) is 85.8 cm³/mol. The van der Waals surface area contributed by atoms with E-state index in [1.807, 2.05) is 0 Å². The molecule has 4 heteroatoms. The highest BCUT2D eigenvalue weighted by atomic mass is 32.2. The fourth-order valence-electron chi connectivity index (χ4n) is 3.53. The fourth-order valence-corrected chi connectivity index (χ4v) is 4.64.